The minimum absolute atomic E-state index is 0.0350. The third-order valence-corrected chi connectivity index (χ3v) is 6.33. The maximum Gasteiger partial charge on any atom is 0.329 e. The first-order chi connectivity index (χ1) is 13.8. The molecule has 162 valence electrons. The second-order valence-corrected chi connectivity index (χ2v) is 11.0. The monoisotopic (exact) mass is 430 g/mol. The number of nitrogens with one attached hydrogen (secondary N) is 1. The summed E-state index contributed by atoms with van der Waals surface area (Å²) < 4.78 is 11.6. The summed E-state index contributed by atoms with van der Waals surface area (Å²) in [5, 5.41) is 3.44. The van der Waals surface area contributed by atoms with Crippen molar-refractivity contribution in [1.82, 2.24) is 10.2 Å². The highest BCUT2D eigenvalue weighted by Gasteiger charge is 2.42. The molecule has 0 saturated carbocycles. The number of nitrogens with zero attached hydrogens (tertiary/aromatic N) is 1. The molecule has 3 N–H and O–H groups in total. The van der Waals surface area contributed by atoms with Gasteiger partial charge in [0.05, 0.1) is 18.4 Å². The maximum atomic E-state index is 12.8. The number of likely N-dealkylation sites (N-methyl/N-ethyl adjacent to an activating group) is 1. The Morgan fingerprint density at radius 1 is 1.10 bits per heavy atom. The van der Waals surface area contributed by atoms with Gasteiger partial charge in [-0.05, 0) is 46.6 Å². The van der Waals surface area contributed by atoms with Crippen molar-refractivity contribution < 1.29 is 19.1 Å². The van der Waals surface area contributed by atoms with Gasteiger partial charge in [0.15, 0.2) is 0 Å². The third-order valence-electron chi connectivity index (χ3n) is 5.55. The zero-order valence-corrected chi connectivity index (χ0v) is 19.1. The average Bonchev–Trinajstić information content (AvgIpc) is 2.89. The standard InChI is InChI=1S/C23H31N2O4P/c1-15-8-6-7-9-19(15)18-11-16(10-17(12-18)14-30(27,28)29)13-20-21(26)25(5)22(24-20)23(2,3)4/h6-12,20,22,24H,13-14H2,1-5H3,(H2,27,28,29)/t20-,22?/m0/s1. The van der Waals surface area contributed by atoms with Crippen LogP contribution in [0.1, 0.15) is 37.5 Å². The van der Waals surface area contributed by atoms with E-state index in [0.29, 0.717) is 12.0 Å². The first-order valence-electron chi connectivity index (χ1n) is 10.1. The zero-order valence-electron chi connectivity index (χ0n) is 18.2. The van der Waals surface area contributed by atoms with Gasteiger partial charge in [-0.2, -0.15) is 0 Å². The summed E-state index contributed by atoms with van der Waals surface area (Å²) in [7, 11) is -2.40. The third kappa shape index (κ3) is 5.19. The summed E-state index contributed by atoms with van der Waals surface area (Å²) in [6.45, 7) is 8.28. The van der Waals surface area contributed by atoms with Gasteiger partial charge >= 0.3 is 7.60 Å². The lowest BCUT2D eigenvalue weighted by Gasteiger charge is -2.32. The second-order valence-electron chi connectivity index (χ2n) is 9.32. The normalized spacial score (nSPS) is 20.1. The van der Waals surface area contributed by atoms with Crippen LogP contribution in [0.5, 0.6) is 0 Å². The van der Waals surface area contributed by atoms with Crippen molar-refractivity contribution in [3.8, 4) is 11.1 Å². The van der Waals surface area contributed by atoms with Gasteiger partial charge in [-0.25, -0.2) is 0 Å². The van der Waals surface area contributed by atoms with Gasteiger partial charge in [0, 0.05) is 7.05 Å². The molecule has 3 rings (SSSR count). The van der Waals surface area contributed by atoms with Crippen LogP contribution < -0.4 is 5.32 Å². The molecule has 1 aliphatic rings. The summed E-state index contributed by atoms with van der Waals surface area (Å²) in [4.78, 5) is 33.6. The number of rotatable bonds is 5. The summed E-state index contributed by atoms with van der Waals surface area (Å²) >= 11 is 0. The number of carbonyl (C=O) groups is 1. The van der Waals surface area contributed by atoms with E-state index >= 15 is 0 Å². The fourth-order valence-electron chi connectivity index (χ4n) is 4.22. The Labute approximate surface area is 178 Å². The molecule has 1 amide bonds. The van der Waals surface area contributed by atoms with Gasteiger partial charge in [-0.1, -0.05) is 63.2 Å². The zero-order chi connectivity index (χ0) is 22.3. The SMILES string of the molecule is Cc1ccccc1-c1cc(C[C@@H]2NC(C(C)(C)C)N(C)C2=O)cc(CP(=O)(O)O)c1. The molecule has 1 fully saturated rings. The van der Waals surface area contributed by atoms with E-state index in [0.717, 1.165) is 22.3 Å². The summed E-state index contributed by atoms with van der Waals surface area (Å²) in [6.07, 6.45) is 0.0732. The Hall–Kier alpha value is -1.98. The van der Waals surface area contributed by atoms with Crippen LogP contribution in [0.2, 0.25) is 0 Å². The summed E-state index contributed by atoms with van der Waals surface area (Å²) in [6, 6.07) is 13.2. The second kappa shape index (κ2) is 8.27. The summed E-state index contributed by atoms with van der Waals surface area (Å²) in [5.74, 6) is 0.0350. The van der Waals surface area contributed by atoms with Crippen LogP contribution in [0.4, 0.5) is 0 Å². The van der Waals surface area contributed by atoms with Gasteiger partial charge in [-0.15, -0.1) is 0 Å². The molecule has 2 atom stereocenters. The fourth-order valence-corrected chi connectivity index (χ4v) is 4.88. The number of benzene rings is 2. The molecule has 0 aromatic heterocycles. The van der Waals surface area contributed by atoms with Gasteiger partial charge in [0.1, 0.15) is 0 Å². The highest BCUT2D eigenvalue weighted by atomic mass is 31.2. The smallest absolute Gasteiger partial charge is 0.328 e. The Bertz CT molecular complexity index is 993. The summed E-state index contributed by atoms with van der Waals surface area (Å²) in [5.41, 5.74) is 4.35. The molecule has 0 spiro atoms. The Kier molecular flexibility index (Phi) is 6.26. The van der Waals surface area contributed by atoms with Crippen molar-refractivity contribution in [3.05, 3.63) is 59.2 Å². The average molecular weight is 430 g/mol. The van der Waals surface area contributed by atoms with E-state index in [1.54, 1.807) is 11.0 Å². The topological polar surface area (TPSA) is 89.9 Å². The maximum absolute atomic E-state index is 12.8. The van der Waals surface area contributed by atoms with E-state index in [2.05, 4.69) is 26.1 Å². The van der Waals surface area contributed by atoms with Crippen LogP contribution >= 0.6 is 7.60 Å². The number of aryl methyl sites for hydroxylation is 1. The highest BCUT2D eigenvalue weighted by molar-refractivity contribution is 7.50. The molecule has 6 nitrogen and oxygen atoms in total. The van der Waals surface area contributed by atoms with E-state index in [1.165, 1.54) is 0 Å². The number of hydrogen-bond donors (Lipinski definition) is 3. The van der Waals surface area contributed by atoms with Crippen molar-refractivity contribution >= 4 is 13.5 Å². The van der Waals surface area contributed by atoms with E-state index < -0.39 is 7.60 Å². The Morgan fingerprint density at radius 3 is 2.30 bits per heavy atom. The molecule has 2 aromatic rings. The van der Waals surface area contributed by atoms with Crippen LogP contribution in [0.15, 0.2) is 42.5 Å². The predicted molar refractivity (Wildman–Crippen MR) is 119 cm³/mol. The fraction of sp³-hybridized carbons (Fsp3) is 0.435. The minimum atomic E-state index is -4.21. The number of carbonyl (C=O) groups excluding carboxylic acids is 1. The van der Waals surface area contributed by atoms with Gasteiger partial charge in [-0.3, -0.25) is 14.7 Å². The molecule has 0 radical (unpaired) electrons. The molecule has 1 aliphatic heterocycles. The van der Waals surface area contributed by atoms with Gasteiger partial charge in [0.2, 0.25) is 5.91 Å². The van der Waals surface area contributed by atoms with Gasteiger partial charge < -0.3 is 14.7 Å². The van der Waals surface area contributed by atoms with Crippen molar-refractivity contribution in [2.24, 2.45) is 5.41 Å². The quantitative estimate of drug-likeness (QED) is 0.630. The molecule has 1 heterocycles. The molecule has 0 bridgehead atoms. The van der Waals surface area contributed by atoms with E-state index in [1.807, 2.05) is 50.4 Å². The Morgan fingerprint density at radius 2 is 1.73 bits per heavy atom. The number of hydrogen-bond acceptors (Lipinski definition) is 3. The van der Waals surface area contributed by atoms with E-state index in [9.17, 15) is 19.1 Å². The van der Waals surface area contributed by atoms with Crippen molar-refractivity contribution in [2.45, 2.75) is 52.5 Å². The minimum Gasteiger partial charge on any atom is -0.328 e. The van der Waals surface area contributed by atoms with Crippen LogP contribution in [0.25, 0.3) is 11.1 Å². The first kappa shape index (κ1) is 22.7. The van der Waals surface area contributed by atoms with Crippen LogP contribution in [-0.2, 0) is 21.9 Å². The first-order valence-corrected chi connectivity index (χ1v) is 11.9. The van der Waals surface area contributed by atoms with Crippen LogP contribution in [0.3, 0.4) is 0 Å². The number of amides is 1. The van der Waals surface area contributed by atoms with Crippen molar-refractivity contribution in [1.29, 1.82) is 0 Å². The molecule has 1 saturated heterocycles. The van der Waals surface area contributed by atoms with E-state index in [-0.39, 0.29) is 29.7 Å². The molecular formula is C23H31N2O4P. The highest BCUT2D eigenvalue weighted by Crippen LogP contribution is 2.40. The molecule has 1 unspecified atom stereocenters. The lowest BCUT2D eigenvalue weighted by atomic mass is 9.92. The molecule has 0 aliphatic carbocycles. The molecule has 2 aromatic carbocycles. The Balaban J connectivity index is 1.97. The van der Waals surface area contributed by atoms with Gasteiger partial charge in [0.25, 0.3) is 0 Å². The predicted octanol–water partition coefficient (Wildman–Crippen LogP) is 3.68. The van der Waals surface area contributed by atoms with Crippen molar-refractivity contribution in [2.75, 3.05) is 7.05 Å². The largest absolute Gasteiger partial charge is 0.329 e. The molecule has 7 heteroatoms. The van der Waals surface area contributed by atoms with Crippen LogP contribution in [0, 0.1) is 12.3 Å². The van der Waals surface area contributed by atoms with Crippen molar-refractivity contribution in [3.63, 3.8) is 0 Å². The molecular weight excluding hydrogens is 399 g/mol. The lowest BCUT2D eigenvalue weighted by molar-refractivity contribution is -0.129. The van der Waals surface area contributed by atoms with Crippen LogP contribution in [-0.4, -0.2) is 39.8 Å². The lowest BCUT2D eigenvalue weighted by Crippen LogP contribution is -2.45. The van der Waals surface area contributed by atoms with E-state index in [4.69, 9.17) is 0 Å². The molecule has 30 heavy (non-hydrogen) atoms.